The molecule has 1 aromatic rings. The first-order valence-corrected chi connectivity index (χ1v) is 4.96. The van der Waals surface area contributed by atoms with Crippen LogP contribution in [0.25, 0.3) is 0 Å². The predicted molar refractivity (Wildman–Crippen MR) is 58.4 cm³/mol. The normalized spacial score (nSPS) is 10.2. The molecule has 3 nitrogen and oxygen atoms in total. The first-order valence-electron chi connectivity index (χ1n) is 3.50. The summed E-state index contributed by atoms with van der Waals surface area (Å²) in [7, 11) is 0. The van der Waals surface area contributed by atoms with Crippen molar-refractivity contribution in [1.29, 1.82) is 0 Å². The highest BCUT2D eigenvalue weighted by Gasteiger charge is 2.17. The lowest BCUT2D eigenvalue weighted by Crippen LogP contribution is -2.06. The zero-order valence-corrected chi connectivity index (χ0v) is 9.97. The van der Waals surface area contributed by atoms with E-state index >= 15 is 0 Å². The molecule has 70 valence electrons. The number of rotatable bonds is 1. The molecule has 0 spiro atoms. The van der Waals surface area contributed by atoms with Crippen molar-refractivity contribution in [3.05, 3.63) is 25.5 Å². The summed E-state index contributed by atoms with van der Waals surface area (Å²) in [4.78, 5) is 14.7. The van der Waals surface area contributed by atoms with Crippen molar-refractivity contribution in [3.63, 3.8) is 0 Å². The average molecular weight is 312 g/mol. The third-order valence-corrected chi connectivity index (χ3v) is 3.57. The van der Waals surface area contributed by atoms with Crippen LogP contribution in [0.15, 0.2) is 0 Å². The van der Waals surface area contributed by atoms with Gasteiger partial charge in [-0.1, -0.05) is 11.6 Å². The van der Waals surface area contributed by atoms with Gasteiger partial charge in [0, 0.05) is 3.57 Å². The molecule has 0 radical (unpaired) electrons. The van der Waals surface area contributed by atoms with Gasteiger partial charge in [-0.25, -0.2) is 9.78 Å². The Morgan fingerprint density at radius 1 is 1.54 bits per heavy atom. The first-order chi connectivity index (χ1) is 5.95. The van der Waals surface area contributed by atoms with E-state index in [1.54, 1.807) is 13.8 Å². The quantitative estimate of drug-likeness (QED) is 0.641. The highest BCUT2D eigenvalue weighted by Crippen LogP contribution is 2.24. The lowest BCUT2D eigenvalue weighted by atomic mass is 10.1. The smallest absolute Gasteiger partial charge is 0.339 e. The van der Waals surface area contributed by atoms with E-state index in [0.717, 1.165) is 9.26 Å². The number of aromatic nitrogens is 1. The molecule has 0 aliphatic rings. The molecule has 0 fully saturated rings. The van der Waals surface area contributed by atoms with Crippen LogP contribution >= 0.6 is 34.2 Å². The van der Waals surface area contributed by atoms with Crippen LogP contribution < -0.4 is 0 Å². The number of pyridine rings is 1. The highest BCUT2D eigenvalue weighted by atomic mass is 127. The van der Waals surface area contributed by atoms with E-state index in [1.165, 1.54) is 0 Å². The van der Waals surface area contributed by atoms with Gasteiger partial charge in [-0.05, 0) is 42.0 Å². The summed E-state index contributed by atoms with van der Waals surface area (Å²) in [6.45, 7) is 3.53. The van der Waals surface area contributed by atoms with Crippen LogP contribution in [-0.4, -0.2) is 16.1 Å². The number of carboxylic acids is 1. The monoisotopic (exact) mass is 311 g/mol. The maximum Gasteiger partial charge on any atom is 0.339 e. The van der Waals surface area contributed by atoms with Crippen LogP contribution in [0.4, 0.5) is 0 Å². The lowest BCUT2D eigenvalue weighted by molar-refractivity contribution is 0.0696. The fraction of sp³-hybridized carbons (Fsp3) is 0.250. The van der Waals surface area contributed by atoms with Gasteiger partial charge in [0.25, 0.3) is 0 Å². The molecule has 0 saturated heterocycles. The number of hydrogen-bond acceptors (Lipinski definition) is 2. The molecule has 0 atom stereocenters. The van der Waals surface area contributed by atoms with E-state index in [9.17, 15) is 4.79 Å². The Morgan fingerprint density at radius 3 is 2.54 bits per heavy atom. The van der Waals surface area contributed by atoms with E-state index in [-0.39, 0.29) is 10.7 Å². The summed E-state index contributed by atoms with van der Waals surface area (Å²) in [6, 6.07) is 0. The summed E-state index contributed by atoms with van der Waals surface area (Å²) < 4.78 is 0.847. The third-order valence-electron chi connectivity index (χ3n) is 1.71. The fourth-order valence-corrected chi connectivity index (χ4v) is 1.78. The van der Waals surface area contributed by atoms with E-state index in [1.807, 2.05) is 0 Å². The molecule has 0 bridgehead atoms. The molecule has 0 aromatic carbocycles. The van der Waals surface area contributed by atoms with Crippen molar-refractivity contribution in [2.75, 3.05) is 0 Å². The Hall–Kier alpha value is -0.360. The Morgan fingerprint density at radius 2 is 2.08 bits per heavy atom. The second-order valence-corrected chi connectivity index (χ2v) is 4.04. The minimum Gasteiger partial charge on any atom is -0.478 e. The Bertz CT molecular complexity index is 379. The molecule has 1 rings (SSSR count). The summed E-state index contributed by atoms with van der Waals surface area (Å²) >= 11 is 7.77. The Kier molecular flexibility index (Phi) is 3.13. The predicted octanol–water partition coefficient (Wildman–Crippen LogP) is 2.65. The van der Waals surface area contributed by atoms with Crippen LogP contribution in [0.2, 0.25) is 5.15 Å². The van der Waals surface area contributed by atoms with Crippen molar-refractivity contribution < 1.29 is 9.90 Å². The summed E-state index contributed by atoms with van der Waals surface area (Å²) in [5, 5.41) is 8.89. The number of halogens is 2. The minimum absolute atomic E-state index is 0.0583. The summed E-state index contributed by atoms with van der Waals surface area (Å²) in [6.07, 6.45) is 0. The average Bonchev–Trinajstić information content (AvgIpc) is 1.99. The second kappa shape index (κ2) is 3.79. The third kappa shape index (κ3) is 1.94. The second-order valence-electron chi connectivity index (χ2n) is 2.61. The standard InChI is InChI=1S/C8H7ClINO2/c1-3-5(8(12)13)7(9)11-4(2)6(3)10/h1-2H3,(H,12,13). The Labute approximate surface area is 94.3 Å². The van der Waals surface area contributed by atoms with E-state index in [4.69, 9.17) is 16.7 Å². The number of aryl methyl sites for hydroxylation is 1. The van der Waals surface area contributed by atoms with Gasteiger partial charge >= 0.3 is 5.97 Å². The largest absolute Gasteiger partial charge is 0.478 e. The van der Waals surface area contributed by atoms with Crippen molar-refractivity contribution in [2.24, 2.45) is 0 Å². The van der Waals surface area contributed by atoms with Gasteiger partial charge in [-0.2, -0.15) is 0 Å². The molecule has 0 aliphatic carbocycles. The minimum atomic E-state index is -1.03. The van der Waals surface area contributed by atoms with Crippen LogP contribution in [0.1, 0.15) is 21.6 Å². The van der Waals surface area contributed by atoms with Gasteiger partial charge in [0.05, 0.1) is 5.69 Å². The summed E-state index contributed by atoms with van der Waals surface area (Å²) in [5.74, 6) is -1.03. The Balaban J connectivity index is 3.53. The molecule has 0 unspecified atom stereocenters. The number of carbonyl (C=O) groups is 1. The van der Waals surface area contributed by atoms with Crippen molar-refractivity contribution in [1.82, 2.24) is 4.98 Å². The van der Waals surface area contributed by atoms with Crippen molar-refractivity contribution in [2.45, 2.75) is 13.8 Å². The molecule has 5 heteroatoms. The van der Waals surface area contributed by atoms with E-state index in [2.05, 4.69) is 27.6 Å². The van der Waals surface area contributed by atoms with Crippen LogP contribution in [0.5, 0.6) is 0 Å². The van der Waals surface area contributed by atoms with Gasteiger partial charge in [-0.3, -0.25) is 0 Å². The van der Waals surface area contributed by atoms with Crippen molar-refractivity contribution >= 4 is 40.2 Å². The fourth-order valence-electron chi connectivity index (χ4n) is 1.04. The van der Waals surface area contributed by atoms with Gasteiger partial charge in [0.1, 0.15) is 10.7 Å². The lowest BCUT2D eigenvalue weighted by Gasteiger charge is -2.07. The van der Waals surface area contributed by atoms with Crippen LogP contribution in [0, 0.1) is 17.4 Å². The maximum atomic E-state index is 10.8. The molecule has 13 heavy (non-hydrogen) atoms. The molecule has 0 saturated carbocycles. The molecular formula is C8H7ClINO2. The molecule has 1 N–H and O–H groups in total. The molecule has 1 aromatic heterocycles. The van der Waals surface area contributed by atoms with E-state index in [0.29, 0.717) is 5.56 Å². The number of carboxylic acid groups (broad SMARTS) is 1. The van der Waals surface area contributed by atoms with Gasteiger partial charge in [-0.15, -0.1) is 0 Å². The van der Waals surface area contributed by atoms with Crippen LogP contribution in [0.3, 0.4) is 0 Å². The zero-order chi connectivity index (χ0) is 10.2. The van der Waals surface area contributed by atoms with Gasteiger partial charge in [0.2, 0.25) is 0 Å². The first kappa shape index (κ1) is 10.7. The van der Waals surface area contributed by atoms with Crippen LogP contribution in [-0.2, 0) is 0 Å². The van der Waals surface area contributed by atoms with Gasteiger partial charge in [0.15, 0.2) is 0 Å². The maximum absolute atomic E-state index is 10.8. The molecular weight excluding hydrogens is 304 g/mol. The highest BCUT2D eigenvalue weighted by molar-refractivity contribution is 14.1. The van der Waals surface area contributed by atoms with Crippen molar-refractivity contribution in [3.8, 4) is 0 Å². The molecule has 1 heterocycles. The number of aromatic carboxylic acids is 1. The SMILES string of the molecule is Cc1nc(Cl)c(C(=O)O)c(C)c1I. The van der Waals surface area contributed by atoms with E-state index < -0.39 is 5.97 Å². The zero-order valence-electron chi connectivity index (χ0n) is 7.06. The molecule has 0 amide bonds. The number of hydrogen-bond donors (Lipinski definition) is 1. The topological polar surface area (TPSA) is 50.2 Å². The summed E-state index contributed by atoms with van der Waals surface area (Å²) in [5.41, 5.74) is 1.52. The number of nitrogens with zero attached hydrogens (tertiary/aromatic N) is 1. The van der Waals surface area contributed by atoms with Gasteiger partial charge < -0.3 is 5.11 Å². The molecule has 0 aliphatic heterocycles.